The Morgan fingerprint density at radius 1 is 1.10 bits per heavy atom. The Morgan fingerprint density at radius 2 is 1.80 bits per heavy atom. The normalized spacial score (nSPS) is 19.1. The lowest BCUT2D eigenvalue weighted by Gasteiger charge is -2.22. The molecule has 1 fully saturated rings. The lowest BCUT2D eigenvalue weighted by molar-refractivity contribution is -0.910. The van der Waals surface area contributed by atoms with Gasteiger partial charge in [-0.25, -0.2) is 4.98 Å². The number of fused-ring (bicyclic) bond motifs is 1. The van der Waals surface area contributed by atoms with Crippen LogP contribution < -0.4 is 10.2 Å². The summed E-state index contributed by atoms with van der Waals surface area (Å²) in [6, 6.07) is 15.0. The minimum absolute atomic E-state index is 0.105. The van der Waals surface area contributed by atoms with Gasteiger partial charge in [-0.15, -0.1) is 11.3 Å². The van der Waals surface area contributed by atoms with Gasteiger partial charge in [0.25, 0.3) is 5.91 Å². The van der Waals surface area contributed by atoms with Crippen LogP contribution in [0.25, 0.3) is 10.2 Å². The number of aromatic nitrogens is 1. The van der Waals surface area contributed by atoms with Crippen molar-refractivity contribution in [1.82, 2.24) is 4.98 Å². The molecule has 0 radical (unpaired) electrons. The molecule has 2 heterocycles. The van der Waals surface area contributed by atoms with Gasteiger partial charge >= 0.3 is 0 Å². The van der Waals surface area contributed by atoms with Crippen LogP contribution in [0.2, 0.25) is 0 Å². The molecular formula is C25H32N3OS+. The molecule has 2 atom stereocenters. The number of nitrogens with zero attached hydrogens (tertiary/aromatic N) is 1. The van der Waals surface area contributed by atoms with E-state index in [4.69, 9.17) is 4.98 Å². The Bertz CT molecular complexity index is 981. The van der Waals surface area contributed by atoms with Gasteiger partial charge in [0.2, 0.25) is 0 Å². The molecule has 1 saturated heterocycles. The van der Waals surface area contributed by atoms with Crippen molar-refractivity contribution in [2.24, 2.45) is 0 Å². The molecule has 2 aromatic carbocycles. The quantitative estimate of drug-likeness (QED) is 0.593. The molecule has 4 nitrogen and oxygen atoms in total. The number of likely N-dealkylation sites (tertiary alicyclic amines) is 1. The molecule has 158 valence electrons. The molecule has 5 heteroatoms. The number of nitrogens with one attached hydrogen (secondary N) is 2. The number of benzene rings is 2. The number of carbonyl (C=O) groups is 1. The molecule has 0 bridgehead atoms. The van der Waals surface area contributed by atoms with Crippen molar-refractivity contribution in [3.63, 3.8) is 0 Å². The average Bonchev–Trinajstić information content (AvgIpc) is 3.33. The Labute approximate surface area is 183 Å². The van der Waals surface area contributed by atoms with Gasteiger partial charge in [-0.3, -0.25) is 4.79 Å². The van der Waals surface area contributed by atoms with Crippen LogP contribution in [0, 0.1) is 0 Å². The van der Waals surface area contributed by atoms with E-state index in [0.717, 1.165) is 30.6 Å². The molecular weight excluding hydrogens is 390 g/mol. The monoisotopic (exact) mass is 422 g/mol. The van der Waals surface area contributed by atoms with Gasteiger partial charge in [0.1, 0.15) is 6.04 Å². The highest BCUT2D eigenvalue weighted by atomic mass is 32.1. The number of thiazole rings is 1. The number of para-hydroxylation sites is 2. The predicted molar refractivity (Wildman–Crippen MR) is 126 cm³/mol. The van der Waals surface area contributed by atoms with Crippen LogP contribution in [0.3, 0.4) is 0 Å². The number of carbonyl (C=O) groups excluding carboxylic acids is 1. The molecule has 4 rings (SSSR count). The van der Waals surface area contributed by atoms with E-state index in [1.807, 2.05) is 6.07 Å². The maximum absolute atomic E-state index is 13.1. The average molecular weight is 423 g/mol. The zero-order chi connectivity index (χ0) is 21.3. The van der Waals surface area contributed by atoms with Crippen molar-refractivity contribution in [1.29, 1.82) is 0 Å². The fourth-order valence-corrected chi connectivity index (χ4v) is 5.71. The van der Waals surface area contributed by atoms with E-state index in [1.165, 1.54) is 25.7 Å². The standard InChI is InChI=1S/C25H31N3OS/c1-16(2)18-9-7-10-19(17(3)4)24(18)27-23(29)15-28-14-8-12-21(28)25-26-20-11-5-6-13-22(20)30-25/h5-7,9-11,13,16-17,21H,8,12,14-15H2,1-4H3,(H,27,29)/p+1/t21-/m1/s1. The zero-order valence-electron chi connectivity index (χ0n) is 18.4. The minimum atomic E-state index is 0.105. The number of rotatable bonds is 6. The van der Waals surface area contributed by atoms with Crippen LogP contribution in [-0.2, 0) is 4.79 Å². The molecule has 0 spiro atoms. The molecule has 3 aromatic rings. The first-order chi connectivity index (χ1) is 14.4. The fraction of sp³-hybridized carbons (Fsp3) is 0.440. The number of quaternary nitrogens is 1. The summed E-state index contributed by atoms with van der Waals surface area (Å²) in [4.78, 5) is 19.3. The second-order valence-corrected chi connectivity index (χ2v) is 10.0. The highest BCUT2D eigenvalue weighted by molar-refractivity contribution is 7.18. The Hall–Kier alpha value is -2.24. The molecule has 1 aliphatic rings. The van der Waals surface area contributed by atoms with Gasteiger partial charge in [0.05, 0.1) is 16.8 Å². The summed E-state index contributed by atoms with van der Waals surface area (Å²) >= 11 is 1.78. The summed E-state index contributed by atoms with van der Waals surface area (Å²) in [5, 5.41) is 4.46. The van der Waals surface area contributed by atoms with Gasteiger partial charge in [0.15, 0.2) is 11.6 Å². The Morgan fingerprint density at radius 3 is 2.47 bits per heavy atom. The lowest BCUT2D eigenvalue weighted by Crippen LogP contribution is -3.11. The van der Waals surface area contributed by atoms with Gasteiger partial charge in [-0.1, -0.05) is 58.0 Å². The minimum Gasteiger partial charge on any atom is -0.321 e. The lowest BCUT2D eigenvalue weighted by atomic mass is 9.92. The number of amides is 1. The van der Waals surface area contributed by atoms with Gasteiger partial charge in [-0.05, 0) is 35.1 Å². The van der Waals surface area contributed by atoms with Crippen molar-refractivity contribution in [3.05, 3.63) is 58.6 Å². The summed E-state index contributed by atoms with van der Waals surface area (Å²) in [5.41, 5.74) is 4.52. The van der Waals surface area contributed by atoms with E-state index < -0.39 is 0 Å². The summed E-state index contributed by atoms with van der Waals surface area (Å²) in [7, 11) is 0. The van der Waals surface area contributed by atoms with Crippen LogP contribution in [0.15, 0.2) is 42.5 Å². The van der Waals surface area contributed by atoms with E-state index >= 15 is 0 Å². The third-order valence-corrected chi connectivity index (χ3v) is 7.27. The first-order valence-electron chi connectivity index (χ1n) is 11.1. The van der Waals surface area contributed by atoms with Gasteiger partial charge in [0, 0.05) is 18.5 Å². The summed E-state index contributed by atoms with van der Waals surface area (Å²) in [6.45, 7) is 10.3. The maximum Gasteiger partial charge on any atom is 0.279 e. The first-order valence-corrected chi connectivity index (χ1v) is 11.9. The van der Waals surface area contributed by atoms with Crippen LogP contribution in [0.1, 0.15) is 74.5 Å². The van der Waals surface area contributed by atoms with E-state index in [-0.39, 0.29) is 5.91 Å². The highest BCUT2D eigenvalue weighted by Gasteiger charge is 2.34. The van der Waals surface area contributed by atoms with Crippen molar-refractivity contribution in [2.75, 3.05) is 18.4 Å². The molecule has 0 saturated carbocycles. The third kappa shape index (κ3) is 4.28. The van der Waals surface area contributed by atoms with Crippen molar-refractivity contribution in [2.45, 2.75) is 58.4 Å². The van der Waals surface area contributed by atoms with Crippen LogP contribution in [-0.4, -0.2) is 24.0 Å². The van der Waals surface area contributed by atoms with E-state index in [2.05, 4.69) is 69.4 Å². The topological polar surface area (TPSA) is 46.4 Å². The SMILES string of the molecule is CC(C)c1cccc(C(C)C)c1NC(=O)C[NH+]1CCC[C@@H]1c1nc2ccccc2s1. The summed E-state index contributed by atoms with van der Waals surface area (Å²) in [6.07, 6.45) is 2.24. The zero-order valence-corrected chi connectivity index (χ0v) is 19.2. The van der Waals surface area contributed by atoms with E-state index in [0.29, 0.717) is 24.4 Å². The van der Waals surface area contributed by atoms with E-state index in [9.17, 15) is 4.79 Å². The van der Waals surface area contributed by atoms with Crippen molar-refractivity contribution >= 4 is 33.1 Å². The second kappa shape index (κ2) is 8.86. The van der Waals surface area contributed by atoms with Crippen LogP contribution in [0.4, 0.5) is 5.69 Å². The molecule has 1 unspecified atom stereocenters. The number of hydrogen-bond donors (Lipinski definition) is 2. The predicted octanol–water partition coefficient (Wildman–Crippen LogP) is 4.90. The smallest absolute Gasteiger partial charge is 0.279 e. The summed E-state index contributed by atoms with van der Waals surface area (Å²) < 4.78 is 1.23. The van der Waals surface area contributed by atoms with Gasteiger partial charge < -0.3 is 10.2 Å². The largest absolute Gasteiger partial charge is 0.321 e. The fourth-order valence-electron chi connectivity index (χ4n) is 4.55. The van der Waals surface area contributed by atoms with E-state index in [1.54, 1.807) is 11.3 Å². The first kappa shape index (κ1) is 21.0. The molecule has 1 amide bonds. The number of hydrogen-bond acceptors (Lipinski definition) is 3. The highest BCUT2D eigenvalue weighted by Crippen LogP contribution is 2.32. The van der Waals surface area contributed by atoms with Crippen molar-refractivity contribution in [3.8, 4) is 0 Å². The van der Waals surface area contributed by atoms with Crippen molar-refractivity contribution < 1.29 is 9.69 Å². The Balaban J connectivity index is 1.53. The second-order valence-electron chi connectivity index (χ2n) is 8.97. The van der Waals surface area contributed by atoms with Crippen LogP contribution in [0.5, 0.6) is 0 Å². The summed E-state index contributed by atoms with van der Waals surface area (Å²) in [5.74, 6) is 0.843. The molecule has 0 aliphatic carbocycles. The molecule has 30 heavy (non-hydrogen) atoms. The number of anilines is 1. The van der Waals surface area contributed by atoms with Crippen LogP contribution >= 0.6 is 11.3 Å². The molecule has 1 aromatic heterocycles. The molecule has 1 aliphatic heterocycles. The van der Waals surface area contributed by atoms with Gasteiger partial charge in [-0.2, -0.15) is 0 Å². The maximum atomic E-state index is 13.1. The molecule has 2 N–H and O–H groups in total. The third-order valence-electron chi connectivity index (χ3n) is 6.12. The Kier molecular flexibility index (Phi) is 6.21.